The smallest absolute Gasteiger partial charge is 0.0521 e. The normalized spacial score (nSPS) is 29.4. The molecule has 0 heterocycles. The Morgan fingerprint density at radius 1 is 0.722 bits per heavy atom. The number of aliphatic hydroxyl groups excluding tert-OH is 2. The molecule has 2 saturated carbocycles. The molecule has 2 nitrogen and oxygen atoms in total. The van der Waals surface area contributed by atoms with Crippen LogP contribution in [-0.4, -0.2) is 45.9 Å². The number of thioether (sulfide) groups is 2. The Morgan fingerprint density at radius 2 is 1.26 bits per heavy atom. The van der Waals surface area contributed by atoms with Gasteiger partial charge in [-0.3, -0.25) is 0 Å². The van der Waals surface area contributed by atoms with E-state index in [-0.39, 0.29) is 67.4 Å². The highest BCUT2D eigenvalue weighted by atomic mass is 32.2. The maximum Gasteiger partial charge on any atom is 0.0521 e. The molecule has 54 heavy (non-hydrogen) atoms. The van der Waals surface area contributed by atoms with Gasteiger partial charge in [0.2, 0.25) is 0 Å². The van der Waals surface area contributed by atoms with Gasteiger partial charge in [0.25, 0.3) is 0 Å². The van der Waals surface area contributed by atoms with Crippen LogP contribution in [0.15, 0.2) is 18.2 Å². The zero-order valence-corrected chi connectivity index (χ0v) is 41.2. The fourth-order valence-corrected chi connectivity index (χ4v) is 14.2. The summed E-state index contributed by atoms with van der Waals surface area (Å²) < 4.78 is 0. The molecule has 0 amide bonds. The van der Waals surface area contributed by atoms with Crippen LogP contribution in [0, 0.1) is 55.7 Å². The molecule has 1 aromatic carbocycles. The lowest BCUT2D eigenvalue weighted by Crippen LogP contribution is -2.43. The number of rotatable bonds is 20. The summed E-state index contributed by atoms with van der Waals surface area (Å²) in [5.74, 6) is 4.61. The van der Waals surface area contributed by atoms with Crippen molar-refractivity contribution in [2.75, 3.05) is 30.5 Å². The molecule has 0 radical (unpaired) electrons. The van der Waals surface area contributed by atoms with Crippen molar-refractivity contribution in [1.82, 2.24) is 0 Å². The van der Waals surface area contributed by atoms with Gasteiger partial charge in [-0.1, -0.05) is 164 Å². The van der Waals surface area contributed by atoms with Crippen molar-refractivity contribution in [2.45, 2.75) is 193 Å². The molecule has 3 rings (SSSR count). The monoisotopic (exact) mass is 787 g/mol. The molecule has 1 aromatic rings. The third-order valence-electron chi connectivity index (χ3n) is 17.7. The number of hydrogen-bond acceptors (Lipinski definition) is 4. The van der Waals surface area contributed by atoms with Gasteiger partial charge >= 0.3 is 0 Å². The number of aliphatic hydroxyl groups is 2. The third kappa shape index (κ3) is 8.60. The zero-order chi connectivity index (χ0) is 41.9. The van der Waals surface area contributed by atoms with Gasteiger partial charge in [0.15, 0.2) is 0 Å². The van der Waals surface area contributed by atoms with E-state index in [1.54, 1.807) is 5.56 Å². The predicted molar refractivity (Wildman–Crippen MR) is 244 cm³/mol. The SMILES string of the molecule is CC(CSCCO)CC(C)(C)C(C)(C)CC1(C)CC1(C)c1cc(C(C)(C)C)cc(C(C)(C)C(C)(C)CC2(C)C(C)C2(C)C(C)(C)C(SCCO)C(C)C)c1. The summed E-state index contributed by atoms with van der Waals surface area (Å²) in [5, 5.41) is 19.6. The van der Waals surface area contributed by atoms with E-state index in [1.165, 1.54) is 36.8 Å². The second kappa shape index (κ2) is 15.8. The van der Waals surface area contributed by atoms with E-state index < -0.39 is 0 Å². The summed E-state index contributed by atoms with van der Waals surface area (Å²) in [5.41, 5.74) is 6.02. The lowest BCUT2D eigenvalue weighted by Gasteiger charge is -2.48. The number of benzene rings is 1. The first-order valence-electron chi connectivity index (χ1n) is 21.8. The minimum absolute atomic E-state index is 0.0322. The minimum Gasteiger partial charge on any atom is -0.396 e. The summed E-state index contributed by atoms with van der Waals surface area (Å²) in [7, 11) is 0. The topological polar surface area (TPSA) is 40.5 Å². The highest BCUT2D eigenvalue weighted by molar-refractivity contribution is 8.00. The fraction of sp³-hybridized carbons (Fsp3) is 0.880. The average Bonchev–Trinajstić information content (AvgIpc) is 3.73. The summed E-state index contributed by atoms with van der Waals surface area (Å²) in [6.45, 7) is 53.2. The van der Waals surface area contributed by atoms with E-state index in [2.05, 4.69) is 164 Å². The molecule has 2 fully saturated rings. The molecule has 2 N–H and O–H groups in total. The molecule has 0 saturated heterocycles. The molecule has 2 aliphatic carbocycles. The van der Waals surface area contributed by atoms with E-state index in [9.17, 15) is 10.2 Å². The summed E-state index contributed by atoms with van der Waals surface area (Å²) in [6, 6.07) is 7.83. The highest BCUT2D eigenvalue weighted by Gasteiger charge is 2.75. The molecule has 7 atom stereocenters. The van der Waals surface area contributed by atoms with Crippen LogP contribution < -0.4 is 0 Å². The zero-order valence-electron chi connectivity index (χ0n) is 39.6. The first-order chi connectivity index (χ1) is 24.2. The summed E-state index contributed by atoms with van der Waals surface area (Å²) in [6.07, 6.45) is 4.87. The van der Waals surface area contributed by atoms with Gasteiger partial charge in [0.1, 0.15) is 0 Å². The average molecular weight is 787 g/mol. The van der Waals surface area contributed by atoms with E-state index in [0.717, 1.165) is 17.3 Å². The standard InChI is InChI=1S/C50H90O2S2/c1-34(2)40(54-25-23-52)46(16,17)50(21)36(4)48(50,19)32-44(12,13)45(14,15)38-26-37(41(5,6)7)27-39(28-38)49(20)33-47(49,18)31-43(10,11)42(8,9)29-35(3)30-53-24-22-51/h26-28,34-36,40,51-52H,22-25,29-33H2,1-21H3. The van der Waals surface area contributed by atoms with Gasteiger partial charge in [-0.05, 0) is 120 Å². The lowest BCUT2D eigenvalue weighted by atomic mass is 9.57. The lowest BCUT2D eigenvalue weighted by molar-refractivity contribution is 0.0500. The predicted octanol–water partition coefficient (Wildman–Crippen LogP) is 14.0. The Bertz CT molecular complexity index is 1430. The Kier molecular flexibility index (Phi) is 14.1. The van der Waals surface area contributed by atoms with Gasteiger partial charge < -0.3 is 10.2 Å². The molecule has 314 valence electrons. The van der Waals surface area contributed by atoms with Gasteiger partial charge in [-0.25, -0.2) is 0 Å². The molecule has 0 spiro atoms. The van der Waals surface area contributed by atoms with E-state index >= 15 is 0 Å². The van der Waals surface area contributed by atoms with Crippen LogP contribution in [0.5, 0.6) is 0 Å². The molecule has 2 aliphatic rings. The second-order valence-corrected chi connectivity index (χ2v) is 26.6. The molecule has 7 unspecified atom stereocenters. The largest absolute Gasteiger partial charge is 0.396 e. The van der Waals surface area contributed by atoms with Crippen LogP contribution in [-0.2, 0) is 16.2 Å². The van der Waals surface area contributed by atoms with Crippen molar-refractivity contribution in [2.24, 2.45) is 55.7 Å². The van der Waals surface area contributed by atoms with Crippen molar-refractivity contribution in [3.05, 3.63) is 34.9 Å². The Hall–Kier alpha value is -0.160. The van der Waals surface area contributed by atoms with Gasteiger partial charge in [-0.15, -0.1) is 0 Å². The Morgan fingerprint density at radius 3 is 1.76 bits per heavy atom. The van der Waals surface area contributed by atoms with Crippen LogP contribution in [0.3, 0.4) is 0 Å². The maximum absolute atomic E-state index is 9.77. The van der Waals surface area contributed by atoms with Crippen LogP contribution >= 0.6 is 23.5 Å². The van der Waals surface area contributed by atoms with E-state index in [1.807, 2.05) is 23.5 Å². The number of hydrogen-bond donors (Lipinski definition) is 2. The molecule has 0 aliphatic heterocycles. The van der Waals surface area contributed by atoms with Gasteiger partial charge in [0.05, 0.1) is 13.2 Å². The molecular formula is C50H90O2S2. The highest BCUT2D eigenvalue weighted by Crippen LogP contribution is 2.81. The molecule has 0 bridgehead atoms. The van der Waals surface area contributed by atoms with Crippen molar-refractivity contribution in [3.63, 3.8) is 0 Å². The van der Waals surface area contributed by atoms with Crippen molar-refractivity contribution < 1.29 is 10.2 Å². The third-order valence-corrected chi connectivity index (χ3v) is 20.9. The van der Waals surface area contributed by atoms with Crippen molar-refractivity contribution in [1.29, 1.82) is 0 Å². The van der Waals surface area contributed by atoms with E-state index in [4.69, 9.17) is 0 Å². The quantitative estimate of drug-likeness (QED) is 0.129. The molecule has 4 heteroatoms. The maximum atomic E-state index is 9.77. The Labute approximate surface area is 345 Å². The van der Waals surface area contributed by atoms with Crippen LogP contribution in [0.25, 0.3) is 0 Å². The van der Waals surface area contributed by atoms with Crippen LogP contribution in [0.4, 0.5) is 0 Å². The van der Waals surface area contributed by atoms with Crippen LogP contribution in [0.1, 0.15) is 188 Å². The first kappa shape index (κ1) is 48.2. The van der Waals surface area contributed by atoms with Crippen LogP contribution in [0.2, 0.25) is 0 Å². The molecule has 0 aromatic heterocycles. The fourth-order valence-electron chi connectivity index (χ4n) is 12.0. The summed E-state index contributed by atoms with van der Waals surface area (Å²) >= 11 is 3.89. The van der Waals surface area contributed by atoms with Crippen molar-refractivity contribution >= 4 is 23.5 Å². The van der Waals surface area contributed by atoms with E-state index in [0.29, 0.717) is 23.0 Å². The van der Waals surface area contributed by atoms with Gasteiger partial charge in [-0.2, -0.15) is 23.5 Å². The van der Waals surface area contributed by atoms with Crippen molar-refractivity contribution in [3.8, 4) is 0 Å². The minimum atomic E-state index is -0.0322. The second-order valence-electron chi connectivity index (χ2n) is 24.2. The van der Waals surface area contributed by atoms with Gasteiger partial charge in [0, 0.05) is 16.8 Å². The first-order valence-corrected chi connectivity index (χ1v) is 24.0. The molecular weight excluding hydrogens is 697 g/mol. The summed E-state index contributed by atoms with van der Waals surface area (Å²) in [4.78, 5) is 0. The Balaban J connectivity index is 1.99.